The van der Waals surface area contributed by atoms with E-state index in [4.69, 9.17) is 0 Å². The molecule has 0 heterocycles. The second kappa shape index (κ2) is 8.03. The van der Waals surface area contributed by atoms with Crippen molar-refractivity contribution in [2.45, 2.75) is 46.5 Å². The molecule has 3 aliphatic rings. The summed E-state index contributed by atoms with van der Waals surface area (Å²) >= 11 is 0. The molecule has 3 aliphatic carbocycles. The van der Waals surface area contributed by atoms with E-state index in [0.717, 1.165) is 25.7 Å². The van der Waals surface area contributed by atoms with E-state index < -0.39 is 0 Å². The maximum atomic E-state index is 4.61. The third-order valence-corrected chi connectivity index (χ3v) is 6.60. The minimum absolute atomic E-state index is 0.380. The molecular formula is C29H32. The van der Waals surface area contributed by atoms with E-state index >= 15 is 0 Å². The summed E-state index contributed by atoms with van der Waals surface area (Å²) in [5.41, 5.74) is 12.5. The summed E-state index contributed by atoms with van der Waals surface area (Å²) in [6.45, 7) is 15.8. The van der Waals surface area contributed by atoms with Crippen molar-refractivity contribution in [3.8, 4) is 0 Å². The summed E-state index contributed by atoms with van der Waals surface area (Å²) in [4.78, 5) is 0. The van der Waals surface area contributed by atoms with Crippen LogP contribution in [0.15, 0.2) is 101 Å². The number of hydrogen-bond acceptors (Lipinski definition) is 0. The van der Waals surface area contributed by atoms with Gasteiger partial charge in [0.25, 0.3) is 0 Å². The average molecular weight is 381 g/mol. The van der Waals surface area contributed by atoms with Crippen LogP contribution in [-0.2, 0) is 0 Å². The van der Waals surface area contributed by atoms with Crippen LogP contribution in [0.5, 0.6) is 0 Å². The molecule has 29 heavy (non-hydrogen) atoms. The molecule has 0 aromatic heterocycles. The van der Waals surface area contributed by atoms with Gasteiger partial charge in [0.1, 0.15) is 0 Å². The van der Waals surface area contributed by atoms with Gasteiger partial charge in [-0.05, 0) is 61.0 Å². The summed E-state index contributed by atoms with van der Waals surface area (Å²) < 4.78 is 0. The Morgan fingerprint density at radius 2 is 1.86 bits per heavy atom. The predicted octanol–water partition coefficient (Wildman–Crippen LogP) is 8.07. The summed E-state index contributed by atoms with van der Waals surface area (Å²) in [6, 6.07) is 8.80. The molecule has 1 fully saturated rings. The lowest BCUT2D eigenvalue weighted by Crippen LogP contribution is -2.24. The van der Waals surface area contributed by atoms with Gasteiger partial charge >= 0.3 is 0 Å². The third kappa shape index (κ3) is 3.69. The lowest BCUT2D eigenvalue weighted by Gasteiger charge is -2.35. The molecule has 0 spiro atoms. The van der Waals surface area contributed by atoms with E-state index in [1.165, 1.54) is 50.1 Å². The maximum absolute atomic E-state index is 4.61. The molecule has 0 heteroatoms. The van der Waals surface area contributed by atoms with Crippen LogP contribution >= 0.6 is 0 Å². The zero-order chi connectivity index (χ0) is 20.5. The lowest BCUT2D eigenvalue weighted by atomic mass is 9.68. The van der Waals surface area contributed by atoms with Crippen LogP contribution in [0.4, 0.5) is 0 Å². The predicted molar refractivity (Wildman–Crippen MR) is 127 cm³/mol. The van der Waals surface area contributed by atoms with Crippen molar-refractivity contribution >= 4 is 6.08 Å². The van der Waals surface area contributed by atoms with E-state index in [2.05, 4.69) is 88.6 Å². The first-order valence-electron chi connectivity index (χ1n) is 10.9. The molecule has 1 aromatic rings. The Labute approximate surface area is 176 Å². The third-order valence-electron chi connectivity index (χ3n) is 6.60. The van der Waals surface area contributed by atoms with Gasteiger partial charge in [0.15, 0.2) is 0 Å². The van der Waals surface area contributed by atoms with Crippen molar-refractivity contribution in [3.63, 3.8) is 0 Å². The van der Waals surface area contributed by atoms with E-state index in [1.807, 2.05) is 0 Å². The first kappa shape index (κ1) is 19.7. The average Bonchev–Trinajstić information content (AvgIpc) is 3.32. The molecule has 0 radical (unpaired) electrons. The number of hydrogen-bond donors (Lipinski definition) is 0. The summed E-state index contributed by atoms with van der Waals surface area (Å²) in [5, 5.41) is 0. The fourth-order valence-electron chi connectivity index (χ4n) is 5.23. The SMILES string of the molecule is C=C(CCC)C1=C(C)C=C2C/C(=C/c3ccc(C)cc3)C(=C)C2C1C1=CC=CC1. The fourth-order valence-corrected chi connectivity index (χ4v) is 5.23. The van der Waals surface area contributed by atoms with Gasteiger partial charge in [-0.15, -0.1) is 0 Å². The van der Waals surface area contributed by atoms with Crippen molar-refractivity contribution in [3.05, 3.63) is 112 Å². The van der Waals surface area contributed by atoms with Crippen LogP contribution in [0.3, 0.4) is 0 Å². The largest absolute Gasteiger partial charge is 0.0955 e. The highest BCUT2D eigenvalue weighted by Crippen LogP contribution is 2.54. The van der Waals surface area contributed by atoms with E-state index in [1.54, 1.807) is 0 Å². The van der Waals surface area contributed by atoms with Crippen molar-refractivity contribution in [2.75, 3.05) is 0 Å². The number of fused-ring (bicyclic) bond motifs is 1. The molecule has 0 aliphatic heterocycles. The molecule has 148 valence electrons. The Kier molecular flexibility index (Phi) is 5.46. The van der Waals surface area contributed by atoms with Gasteiger partial charge < -0.3 is 0 Å². The van der Waals surface area contributed by atoms with Crippen molar-refractivity contribution in [1.29, 1.82) is 0 Å². The van der Waals surface area contributed by atoms with Crippen LogP contribution in [0.25, 0.3) is 6.08 Å². The van der Waals surface area contributed by atoms with Crippen LogP contribution < -0.4 is 0 Å². The molecule has 2 unspecified atom stereocenters. The summed E-state index contributed by atoms with van der Waals surface area (Å²) in [6.07, 6.45) is 15.9. The highest BCUT2D eigenvalue weighted by Gasteiger charge is 2.41. The molecular weight excluding hydrogens is 348 g/mol. The Balaban J connectivity index is 1.74. The van der Waals surface area contributed by atoms with Gasteiger partial charge in [-0.3, -0.25) is 0 Å². The second-order valence-electron chi connectivity index (χ2n) is 8.78. The van der Waals surface area contributed by atoms with E-state index in [-0.39, 0.29) is 0 Å². The number of benzene rings is 1. The normalized spacial score (nSPS) is 24.8. The molecule has 0 nitrogen and oxygen atoms in total. The van der Waals surface area contributed by atoms with Crippen molar-refractivity contribution < 1.29 is 0 Å². The minimum atomic E-state index is 0.380. The van der Waals surface area contributed by atoms with Crippen molar-refractivity contribution in [1.82, 2.24) is 0 Å². The Bertz CT molecular complexity index is 999. The van der Waals surface area contributed by atoms with Gasteiger partial charge in [-0.25, -0.2) is 0 Å². The van der Waals surface area contributed by atoms with Gasteiger partial charge in [0, 0.05) is 11.8 Å². The molecule has 4 rings (SSSR count). The van der Waals surface area contributed by atoms with Crippen LogP contribution in [0.1, 0.15) is 50.7 Å². The lowest BCUT2D eigenvalue weighted by molar-refractivity contribution is 0.555. The smallest absolute Gasteiger partial charge is 0.0166 e. The maximum Gasteiger partial charge on any atom is 0.0166 e. The van der Waals surface area contributed by atoms with Crippen LogP contribution in [0.2, 0.25) is 0 Å². The van der Waals surface area contributed by atoms with Gasteiger partial charge in [-0.1, -0.05) is 103 Å². The summed E-state index contributed by atoms with van der Waals surface area (Å²) in [5.74, 6) is 0.769. The first-order chi connectivity index (χ1) is 14.0. The zero-order valence-corrected chi connectivity index (χ0v) is 18.1. The number of rotatable bonds is 5. The van der Waals surface area contributed by atoms with Crippen LogP contribution in [-0.4, -0.2) is 0 Å². The fraction of sp³-hybridized carbons (Fsp3) is 0.310. The molecule has 0 N–H and O–H groups in total. The Hall–Kier alpha value is -2.60. The van der Waals surface area contributed by atoms with Crippen molar-refractivity contribution in [2.24, 2.45) is 11.8 Å². The quantitative estimate of drug-likeness (QED) is 0.484. The number of allylic oxidation sites excluding steroid dienone is 11. The molecule has 0 bridgehead atoms. The second-order valence-corrected chi connectivity index (χ2v) is 8.78. The summed E-state index contributed by atoms with van der Waals surface area (Å²) in [7, 11) is 0. The minimum Gasteiger partial charge on any atom is -0.0955 e. The van der Waals surface area contributed by atoms with Gasteiger partial charge in [0.05, 0.1) is 0 Å². The standard InChI is InChI=1S/C29H32/c1-6-9-20(3)27-21(4)16-26-18-25(17-23-14-12-19(2)13-15-23)22(5)28(26)29(27)24-10-7-8-11-24/h7-8,10,12-17,28-29H,3,5-6,9,11,18H2,1-2,4H3/b25-17-. The Morgan fingerprint density at radius 3 is 2.52 bits per heavy atom. The molecule has 0 saturated heterocycles. The highest BCUT2D eigenvalue weighted by molar-refractivity contribution is 5.67. The monoisotopic (exact) mass is 380 g/mol. The highest BCUT2D eigenvalue weighted by atomic mass is 14.4. The first-order valence-corrected chi connectivity index (χ1v) is 10.9. The Morgan fingerprint density at radius 1 is 1.10 bits per heavy atom. The van der Waals surface area contributed by atoms with E-state index in [0.29, 0.717) is 11.8 Å². The van der Waals surface area contributed by atoms with Crippen LogP contribution in [0, 0.1) is 18.8 Å². The molecule has 1 aromatic carbocycles. The molecule has 1 saturated carbocycles. The number of aryl methyl sites for hydroxylation is 1. The van der Waals surface area contributed by atoms with Gasteiger partial charge in [-0.2, -0.15) is 0 Å². The zero-order valence-electron chi connectivity index (χ0n) is 18.1. The van der Waals surface area contributed by atoms with E-state index in [9.17, 15) is 0 Å². The molecule has 0 amide bonds. The molecule has 2 atom stereocenters. The van der Waals surface area contributed by atoms with Gasteiger partial charge in [0.2, 0.25) is 0 Å². The topological polar surface area (TPSA) is 0 Å².